The van der Waals surface area contributed by atoms with Gasteiger partial charge in [0.15, 0.2) is 0 Å². The van der Waals surface area contributed by atoms with Crippen LogP contribution in [0, 0.1) is 18.3 Å². The molecule has 0 amide bonds. The molecule has 1 atom stereocenters. The van der Waals surface area contributed by atoms with Crippen LogP contribution in [0.3, 0.4) is 0 Å². The quantitative estimate of drug-likeness (QED) is 0.692. The van der Waals surface area contributed by atoms with Gasteiger partial charge in [-0.05, 0) is 13.3 Å². The Balaban J connectivity index is 3.04. The Morgan fingerprint density at radius 1 is 1.62 bits per heavy atom. The standard InChI is InChI=1S/C10H13N3/c1-4-7(2)10-12-6-9(5-11)8(3)13-10/h6-7H,4H2,1-3H3. The van der Waals surface area contributed by atoms with Gasteiger partial charge in [-0.25, -0.2) is 9.97 Å². The predicted molar refractivity (Wildman–Crippen MR) is 50.2 cm³/mol. The maximum Gasteiger partial charge on any atom is 0.131 e. The van der Waals surface area contributed by atoms with Crippen LogP contribution in [0.4, 0.5) is 0 Å². The topological polar surface area (TPSA) is 49.6 Å². The van der Waals surface area contributed by atoms with E-state index in [4.69, 9.17) is 5.26 Å². The van der Waals surface area contributed by atoms with Gasteiger partial charge in [-0.1, -0.05) is 13.8 Å². The molecule has 3 heteroatoms. The minimum atomic E-state index is 0.367. The highest BCUT2D eigenvalue weighted by Gasteiger charge is 2.07. The van der Waals surface area contributed by atoms with Gasteiger partial charge in [-0.15, -0.1) is 0 Å². The van der Waals surface area contributed by atoms with Crippen LogP contribution in [0.25, 0.3) is 0 Å². The number of aromatic nitrogens is 2. The number of nitrogens with zero attached hydrogens (tertiary/aromatic N) is 3. The van der Waals surface area contributed by atoms with Gasteiger partial charge in [0.2, 0.25) is 0 Å². The van der Waals surface area contributed by atoms with Gasteiger partial charge in [0.25, 0.3) is 0 Å². The van der Waals surface area contributed by atoms with Gasteiger partial charge in [-0.2, -0.15) is 5.26 Å². The van der Waals surface area contributed by atoms with E-state index in [1.54, 1.807) is 6.20 Å². The fraction of sp³-hybridized carbons (Fsp3) is 0.500. The smallest absolute Gasteiger partial charge is 0.131 e. The van der Waals surface area contributed by atoms with E-state index < -0.39 is 0 Å². The Hall–Kier alpha value is -1.43. The first-order chi connectivity index (χ1) is 6.19. The lowest BCUT2D eigenvalue weighted by Crippen LogP contribution is -2.02. The summed E-state index contributed by atoms with van der Waals surface area (Å²) in [7, 11) is 0. The summed E-state index contributed by atoms with van der Waals surface area (Å²) >= 11 is 0. The van der Waals surface area contributed by atoms with Crippen molar-refractivity contribution in [3.8, 4) is 6.07 Å². The Kier molecular flexibility index (Phi) is 2.97. The van der Waals surface area contributed by atoms with Gasteiger partial charge >= 0.3 is 0 Å². The molecule has 3 nitrogen and oxygen atoms in total. The molecule has 0 aliphatic rings. The van der Waals surface area contributed by atoms with Crippen LogP contribution in [-0.4, -0.2) is 9.97 Å². The third-order valence-electron chi connectivity index (χ3n) is 2.17. The largest absolute Gasteiger partial charge is 0.240 e. The summed E-state index contributed by atoms with van der Waals surface area (Å²) in [5, 5.41) is 8.68. The highest BCUT2D eigenvalue weighted by atomic mass is 14.9. The summed E-state index contributed by atoms with van der Waals surface area (Å²) in [6.07, 6.45) is 2.62. The van der Waals surface area contributed by atoms with E-state index in [0.717, 1.165) is 17.9 Å². The van der Waals surface area contributed by atoms with Crippen LogP contribution in [0.5, 0.6) is 0 Å². The average Bonchev–Trinajstić information content (AvgIpc) is 2.16. The van der Waals surface area contributed by atoms with Crippen molar-refractivity contribution in [2.45, 2.75) is 33.1 Å². The summed E-state index contributed by atoms with van der Waals surface area (Å²) in [6.45, 7) is 6.02. The molecule has 13 heavy (non-hydrogen) atoms. The predicted octanol–water partition coefficient (Wildman–Crippen LogP) is 2.17. The Morgan fingerprint density at radius 2 is 2.31 bits per heavy atom. The second kappa shape index (κ2) is 3.99. The lowest BCUT2D eigenvalue weighted by atomic mass is 10.1. The maximum absolute atomic E-state index is 8.68. The molecule has 0 fully saturated rings. The van der Waals surface area contributed by atoms with E-state index in [9.17, 15) is 0 Å². The number of hydrogen-bond donors (Lipinski definition) is 0. The molecule has 1 aromatic heterocycles. The molecule has 0 aliphatic carbocycles. The van der Waals surface area contributed by atoms with E-state index in [-0.39, 0.29) is 0 Å². The third-order valence-corrected chi connectivity index (χ3v) is 2.17. The second-order valence-electron chi connectivity index (χ2n) is 3.15. The number of rotatable bonds is 2. The zero-order valence-corrected chi connectivity index (χ0v) is 8.20. The van der Waals surface area contributed by atoms with Gasteiger partial charge in [-0.3, -0.25) is 0 Å². The van der Waals surface area contributed by atoms with E-state index in [1.165, 1.54) is 0 Å². The molecule has 1 unspecified atom stereocenters. The van der Waals surface area contributed by atoms with Gasteiger partial charge in [0, 0.05) is 12.1 Å². The molecule has 0 spiro atoms. The minimum absolute atomic E-state index is 0.367. The van der Waals surface area contributed by atoms with Crippen molar-refractivity contribution in [2.75, 3.05) is 0 Å². The average molecular weight is 175 g/mol. The van der Waals surface area contributed by atoms with Crippen LogP contribution < -0.4 is 0 Å². The molecule has 0 radical (unpaired) electrons. The normalized spacial score (nSPS) is 12.2. The summed E-state index contributed by atoms with van der Waals surface area (Å²) in [5.41, 5.74) is 1.33. The molecule has 1 rings (SSSR count). The van der Waals surface area contributed by atoms with Crippen LogP contribution in [0.15, 0.2) is 6.20 Å². The van der Waals surface area contributed by atoms with Crippen molar-refractivity contribution in [3.63, 3.8) is 0 Å². The molecule has 68 valence electrons. The first-order valence-electron chi connectivity index (χ1n) is 4.42. The Bertz CT molecular complexity index is 339. The molecule has 0 saturated carbocycles. The first-order valence-corrected chi connectivity index (χ1v) is 4.42. The molecule has 0 N–H and O–H groups in total. The van der Waals surface area contributed by atoms with Crippen LogP contribution >= 0.6 is 0 Å². The van der Waals surface area contributed by atoms with Crippen molar-refractivity contribution in [3.05, 3.63) is 23.3 Å². The maximum atomic E-state index is 8.68. The first kappa shape index (κ1) is 9.66. The van der Waals surface area contributed by atoms with E-state index in [1.807, 2.05) is 6.92 Å². The Labute approximate surface area is 78.5 Å². The molecular formula is C10H13N3. The van der Waals surface area contributed by atoms with Gasteiger partial charge in [0.1, 0.15) is 11.9 Å². The summed E-state index contributed by atoms with van der Waals surface area (Å²) in [5.74, 6) is 1.20. The van der Waals surface area contributed by atoms with Crippen LogP contribution in [0.2, 0.25) is 0 Å². The molecule has 1 heterocycles. The van der Waals surface area contributed by atoms with Crippen LogP contribution in [0.1, 0.15) is 43.3 Å². The zero-order valence-electron chi connectivity index (χ0n) is 8.20. The molecule has 0 bridgehead atoms. The fourth-order valence-electron chi connectivity index (χ4n) is 1.01. The summed E-state index contributed by atoms with van der Waals surface area (Å²) in [6, 6.07) is 2.05. The molecule has 0 saturated heterocycles. The SMILES string of the molecule is CCC(C)c1ncc(C#N)c(C)n1. The van der Waals surface area contributed by atoms with E-state index in [0.29, 0.717) is 11.5 Å². The van der Waals surface area contributed by atoms with Gasteiger partial charge in [0.05, 0.1) is 11.3 Å². The van der Waals surface area contributed by atoms with Gasteiger partial charge < -0.3 is 0 Å². The van der Waals surface area contributed by atoms with Crippen molar-refractivity contribution in [2.24, 2.45) is 0 Å². The van der Waals surface area contributed by atoms with Crippen LogP contribution in [-0.2, 0) is 0 Å². The van der Waals surface area contributed by atoms with E-state index in [2.05, 4.69) is 29.9 Å². The van der Waals surface area contributed by atoms with Crippen molar-refractivity contribution in [1.82, 2.24) is 9.97 Å². The molecular weight excluding hydrogens is 162 g/mol. The number of aryl methyl sites for hydroxylation is 1. The van der Waals surface area contributed by atoms with E-state index >= 15 is 0 Å². The number of nitriles is 1. The molecule has 0 aliphatic heterocycles. The lowest BCUT2D eigenvalue weighted by molar-refractivity contribution is 0.673. The minimum Gasteiger partial charge on any atom is -0.240 e. The highest BCUT2D eigenvalue weighted by molar-refractivity contribution is 5.29. The lowest BCUT2D eigenvalue weighted by Gasteiger charge is -2.07. The molecule has 1 aromatic rings. The Morgan fingerprint density at radius 3 is 2.77 bits per heavy atom. The van der Waals surface area contributed by atoms with Crippen molar-refractivity contribution >= 4 is 0 Å². The molecule has 0 aromatic carbocycles. The summed E-state index contributed by atoms with van der Waals surface area (Å²) < 4.78 is 0. The zero-order chi connectivity index (χ0) is 9.84. The number of hydrogen-bond acceptors (Lipinski definition) is 3. The summed E-state index contributed by atoms with van der Waals surface area (Å²) in [4.78, 5) is 8.43. The third kappa shape index (κ3) is 2.03. The second-order valence-corrected chi connectivity index (χ2v) is 3.15. The van der Waals surface area contributed by atoms with Crippen molar-refractivity contribution in [1.29, 1.82) is 5.26 Å². The fourth-order valence-corrected chi connectivity index (χ4v) is 1.01. The van der Waals surface area contributed by atoms with Crippen molar-refractivity contribution < 1.29 is 0 Å². The monoisotopic (exact) mass is 175 g/mol. The highest BCUT2D eigenvalue weighted by Crippen LogP contribution is 2.14.